The molecule has 12 heavy (non-hydrogen) atoms. The van der Waals surface area contributed by atoms with E-state index in [1.807, 2.05) is 0 Å². The van der Waals surface area contributed by atoms with Gasteiger partial charge in [-0.1, -0.05) is 0 Å². The summed E-state index contributed by atoms with van der Waals surface area (Å²) >= 11 is 0.611. The lowest BCUT2D eigenvalue weighted by Crippen LogP contribution is -2.20. The normalized spacial score (nSPS) is 13.3. The van der Waals surface area contributed by atoms with Gasteiger partial charge in [0.1, 0.15) is 9.84 Å². The third kappa shape index (κ3) is 10.2. The van der Waals surface area contributed by atoms with Crippen LogP contribution in [0.4, 0.5) is 12.9 Å². The average Bonchev–Trinajstić information content (AvgIpc) is 1.76. The van der Waals surface area contributed by atoms with Crippen molar-refractivity contribution in [3.05, 3.63) is 0 Å². The van der Waals surface area contributed by atoms with Crippen molar-refractivity contribution in [2.45, 2.75) is 0 Å². The van der Waals surface area contributed by atoms with Gasteiger partial charge in [-0.3, -0.25) is 0 Å². The highest BCUT2D eigenvalue weighted by atomic mass is 32.2. The van der Waals surface area contributed by atoms with Crippen LogP contribution in [0.2, 0.25) is 0 Å². The van der Waals surface area contributed by atoms with Crippen LogP contribution in [-0.2, 0) is 9.84 Å². The lowest BCUT2D eigenvalue weighted by Gasteiger charge is -2.11. The van der Waals surface area contributed by atoms with Crippen molar-refractivity contribution in [3.63, 3.8) is 0 Å². The van der Waals surface area contributed by atoms with E-state index >= 15 is 0 Å². The van der Waals surface area contributed by atoms with Gasteiger partial charge in [-0.25, -0.2) is 8.42 Å². The van der Waals surface area contributed by atoms with E-state index in [4.69, 9.17) is 0 Å². The molecule has 0 saturated carbocycles. The summed E-state index contributed by atoms with van der Waals surface area (Å²) in [5.41, 5.74) is -0.921. The third-order valence-electron chi connectivity index (χ3n) is 0.905. The van der Waals surface area contributed by atoms with Gasteiger partial charge in [0.15, 0.2) is 0 Å². The van der Waals surface area contributed by atoms with Crippen molar-refractivity contribution in [2.24, 2.45) is 0 Å². The van der Waals surface area contributed by atoms with E-state index < -0.39 is 22.5 Å². The molecule has 0 atom stereocenters. The Morgan fingerprint density at radius 2 is 1.83 bits per heavy atom. The zero-order chi connectivity index (χ0) is 9.83. The maximum Gasteiger partial charge on any atom is 0.488 e. The Labute approximate surface area is 73.9 Å². The summed E-state index contributed by atoms with van der Waals surface area (Å²) in [5, 5.41) is 0. The molecule has 0 N–H and O–H groups in total. The van der Waals surface area contributed by atoms with Crippen molar-refractivity contribution in [1.82, 2.24) is 0 Å². The van der Waals surface area contributed by atoms with Gasteiger partial charge >= 0.3 is 6.98 Å². The van der Waals surface area contributed by atoms with Gasteiger partial charge in [-0.05, 0) is 5.65 Å². The quantitative estimate of drug-likeness (QED) is 0.515. The van der Waals surface area contributed by atoms with Crippen molar-refractivity contribution < 1.29 is 21.4 Å². The molecular formula is C4H9BF3O2S2-. The molecule has 0 aliphatic heterocycles. The minimum absolute atomic E-state index is 0.0140. The zero-order valence-electron chi connectivity index (χ0n) is 6.47. The van der Waals surface area contributed by atoms with Gasteiger partial charge in [0, 0.05) is 12.0 Å². The molecule has 74 valence electrons. The fourth-order valence-electron chi connectivity index (χ4n) is 0.427. The summed E-state index contributed by atoms with van der Waals surface area (Å²) in [4.78, 5) is 0. The SMILES string of the molecule is CS(=O)(=O)CCSC[B-](F)(F)F. The lowest BCUT2D eigenvalue weighted by atomic mass is 9.98. The van der Waals surface area contributed by atoms with Crippen molar-refractivity contribution >= 4 is 28.6 Å². The molecule has 0 spiro atoms. The van der Waals surface area contributed by atoms with E-state index in [2.05, 4.69) is 0 Å². The molecule has 0 saturated heterocycles. The van der Waals surface area contributed by atoms with Crippen LogP contribution in [-0.4, -0.2) is 38.8 Å². The molecule has 0 aromatic carbocycles. The van der Waals surface area contributed by atoms with E-state index in [0.29, 0.717) is 11.8 Å². The molecule has 0 unspecified atom stereocenters. The minimum atomic E-state index is -4.78. The van der Waals surface area contributed by atoms with Crippen LogP contribution < -0.4 is 0 Å². The lowest BCUT2D eigenvalue weighted by molar-refractivity contribution is 0.485. The summed E-state index contributed by atoms with van der Waals surface area (Å²) < 4.78 is 55.6. The van der Waals surface area contributed by atoms with Crippen LogP contribution in [0, 0.1) is 0 Å². The van der Waals surface area contributed by atoms with Crippen LogP contribution in [0.1, 0.15) is 0 Å². The molecule has 0 rings (SSSR count). The second-order valence-electron chi connectivity index (χ2n) is 2.42. The molecule has 0 amide bonds. The van der Waals surface area contributed by atoms with E-state index in [1.165, 1.54) is 0 Å². The van der Waals surface area contributed by atoms with Gasteiger partial charge in [-0.15, -0.1) is 0 Å². The van der Waals surface area contributed by atoms with Gasteiger partial charge in [0.05, 0.1) is 5.75 Å². The molecule has 0 aliphatic carbocycles. The number of thioether (sulfide) groups is 1. The molecule has 0 fully saturated rings. The number of rotatable bonds is 5. The Kier molecular flexibility index (Phi) is 4.46. The summed E-state index contributed by atoms with van der Waals surface area (Å²) in [7, 11) is -3.12. The third-order valence-corrected chi connectivity index (χ3v) is 3.22. The first-order valence-corrected chi connectivity index (χ1v) is 6.39. The van der Waals surface area contributed by atoms with Crippen molar-refractivity contribution in [3.8, 4) is 0 Å². The maximum atomic E-state index is 11.6. The predicted octanol–water partition coefficient (Wildman–Crippen LogP) is 1.15. The van der Waals surface area contributed by atoms with E-state index in [1.54, 1.807) is 0 Å². The number of sulfone groups is 1. The highest BCUT2D eigenvalue weighted by Crippen LogP contribution is 2.15. The van der Waals surface area contributed by atoms with Gasteiger partial charge in [0.2, 0.25) is 0 Å². The Bertz CT molecular complexity index is 223. The topological polar surface area (TPSA) is 34.1 Å². The molecule has 0 heterocycles. The minimum Gasteiger partial charge on any atom is -0.448 e. The average molecular weight is 221 g/mol. The monoisotopic (exact) mass is 221 g/mol. The standard InChI is InChI=1S/C4H9BF3O2S2/c1-12(9,10)3-2-11-4-5(6,7)8/h2-4H2,1H3/q-1. The smallest absolute Gasteiger partial charge is 0.448 e. The molecular weight excluding hydrogens is 212 g/mol. The van der Waals surface area contributed by atoms with Gasteiger partial charge < -0.3 is 12.9 Å². The van der Waals surface area contributed by atoms with Crippen LogP contribution in [0.5, 0.6) is 0 Å². The molecule has 2 nitrogen and oxygen atoms in total. The highest BCUT2D eigenvalue weighted by molar-refractivity contribution is 8.01. The van der Waals surface area contributed by atoms with Crippen LogP contribution in [0.25, 0.3) is 0 Å². The number of hydrogen-bond acceptors (Lipinski definition) is 3. The highest BCUT2D eigenvalue weighted by Gasteiger charge is 2.22. The van der Waals surface area contributed by atoms with E-state index in [9.17, 15) is 21.4 Å². The first kappa shape index (κ1) is 12.2. The largest absolute Gasteiger partial charge is 0.488 e. The number of halogens is 3. The predicted molar refractivity (Wildman–Crippen MR) is 46.1 cm³/mol. The molecule has 0 bridgehead atoms. The number of hydrogen-bond donors (Lipinski definition) is 0. The van der Waals surface area contributed by atoms with Crippen molar-refractivity contribution in [2.75, 3.05) is 23.4 Å². The fourth-order valence-corrected chi connectivity index (χ4v) is 2.54. The molecule has 8 heteroatoms. The molecule has 0 aromatic heterocycles. The fraction of sp³-hybridized carbons (Fsp3) is 1.00. The second-order valence-corrected chi connectivity index (χ2v) is 5.82. The van der Waals surface area contributed by atoms with Crippen LogP contribution in [0.15, 0.2) is 0 Å². The first-order valence-electron chi connectivity index (χ1n) is 3.17. The van der Waals surface area contributed by atoms with Gasteiger partial charge in [0.25, 0.3) is 0 Å². The molecule has 0 aromatic rings. The van der Waals surface area contributed by atoms with Crippen LogP contribution in [0.3, 0.4) is 0 Å². The Morgan fingerprint density at radius 1 is 1.33 bits per heavy atom. The zero-order valence-corrected chi connectivity index (χ0v) is 8.10. The summed E-state index contributed by atoms with van der Waals surface area (Å²) in [6.07, 6.45) is 1.01. The Hall–Kier alpha value is 0.155. The summed E-state index contributed by atoms with van der Waals surface area (Å²) in [5.74, 6) is -0.177. The molecule has 0 radical (unpaired) electrons. The Morgan fingerprint density at radius 3 is 2.17 bits per heavy atom. The van der Waals surface area contributed by atoms with Crippen molar-refractivity contribution in [1.29, 1.82) is 0 Å². The van der Waals surface area contributed by atoms with Gasteiger partial charge in [-0.2, -0.15) is 11.8 Å². The second kappa shape index (κ2) is 4.41. The van der Waals surface area contributed by atoms with E-state index in [-0.39, 0.29) is 11.5 Å². The summed E-state index contributed by atoms with van der Waals surface area (Å²) in [6.45, 7) is -4.78. The van der Waals surface area contributed by atoms with E-state index in [0.717, 1.165) is 6.26 Å². The van der Waals surface area contributed by atoms with Crippen LogP contribution >= 0.6 is 11.8 Å². The summed E-state index contributed by atoms with van der Waals surface area (Å²) in [6, 6.07) is 0. The Balaban J connectivity index is 3.48. The molecule has 0 aliphatic rings. The first-order chi connectivity index (χ1) is 5.21. The maximum absolute atomic E-state index is 11.6.